The fourth-order valence-electron chi connectivity index (χ4n) is 0. The average Bonchev–Trinajstić information content (AvgIpc) is 1.38. The zero-order valence-corrected chi connectivity index (χ0v) is 3.11. The number of alkyl halides is 1. The lowest BCUT2D eigenvalue weighted by Crippen LogP contribution is -1.94. The molecule has 0 aliphatic heterocycles. The van der Waals surface area contributed by atoms with E-state index >= 15 is 0 Å². The van der Waals surface area contributed by atoms with Crippen LogP contribution in [-0.4, -0.2) is 6.30 Å². The molecule has 0 N–H and O–H groups in total. The van der Waals surface area contributed by atoms with Gasteiger partial charge in [-0.2, -0.15) is 0 Å². The molecular formula is C3H6FN. The molecule has 0 spiro atoms. The minimum atomic E-state index is -1.62. The minimum Gasteiger partial charge on any atom is -0.227 e. The molecule has 0 aromatic rings. The molecule has 0 heterocycles. The van der Waals surface area contributed by atoms with Crippen LogP contribution in [0.1, 0.15) is 13.3 Å². The van der Waals surface area contributed by atoms with Crippen LogP contribution in [0.15, 0.2) is 0 Å². The summed E-state index contributed by atoms with van der Waals surface area (Å²) >= 11 is 0. The third kappa shape index (κ3) is 3.89. The summed E-state index contributed by atoms with van der Waals surface area (Å²) in [6.07, 6.45) is -1.42. The Morgan fingerprint density at radius 2 is 2.20 bits per heavy atom. The topological polar surface area (TPSA) is 22.3 Å². The van der Waals surface area contributed by atoms with Crippen molar-refractivity contribution in [3.8, 4) is 0 Å². The predicted octanol–water partition coefficient (Wildman–Crippen LogP) is 0.761. The second kappa shape index (κ2) is 2.15. The van der Waals surface area contributed by atoms with Crippen LogP contribution in [0.3, 0.4) is 0 Å². The molecule has 0 amide bonds. The summed E-state index contributed by atoms with van der Waals surface area (Å²) in [4.78, 5) is 0. The van der Waals surface area contributed by atoms with Crippen molar-refractivity contribution in [1.82, 2.24) is 5.73 Å². The third-order valence-corrected chi connectivity index (χ3v) is 0.337. The van der Waals surface area contributed by atoms with E-state index in [0.717, 1.165) is 0 Å². The molecule has 0 saturated carbocycles. The molecule has 1 nitrogen and oxygen atoms in total. The number of hydrogen-bond donors (Lipinski definition) is 0. The molecule has 2 radical (unpaired) electrons. The number of nitrogens with zero attached hydrogens (tertiary/aromatic N) is 1. The first-order valence-electron chi connectivity index (χ1n) is 1.59. The second-order valence-corrected chi connectivity index (χ2v) is 0.843. The zero-order valence-electron chi connectivity index (χ0n) is 3.11. The molecule has 0 aliphatic rings. The molecule has 0 rings (SSSR count). The van der Waals surface area contributed by atoms with Crippen LogP contribution in [0.2, 0.25) is 0 Å². The highest BCUT2D eigenvalue weighted by Gasteiger charge is 1.89. The molecule has 1 atom stereocenters. The molecule has 1 unspecified atom stereocenters. The van der Waals surface area contributed by atoms with Crippen LogP contribution >= 0.6 is 0 Å². The highest BCUT2D eigenvalue weighted by Crippen LogP contribution is 1.84. The summed E-state index contributed by atoms with van der Waals surface area (Å²) < 4.78 is 11.0. The van der Waals surface area contributed by atoms with E-state index in [4.69, 9.17) is 5.73 Å². The van der Waals surface area contributed by atoms with Crippen molar-refractivity contribution < 1.29 is 4.39 Å². The van der Waals surface area contributed by atoms with Crippen LogP contribution in [0.4, 0.5) is 4.39 Å². The highest BCUT2D eigenvalue weighted by atomic mass is 19.1. The van der Waals surface area contributed by atoms with Gasteiger partial charge in [-0.1, -0.05) is 6.92 Å². The highest BCUT2D eigenvalue weighted by molar-refractivity contribution is 4.31. The lowest BCUT2D eigenvalue weighted by atomic mass is 10.5. The Bertz CT molecular complexity index is 20.9. The Kier molecular flexibility index (Phi) is 2.10. The lowest BCUT2D eigenvalue weighted by Gasteiger charge is -1.82. The number of halogens is 1. The summed E-state index contributed by atoms with van der Waals surface area (Å²) in [6, 6.07) is 0. The van der Waals surface area contributed by atoms with E-state index in [0.29, 0.717) is 0 Å². The van der Waals surface area contributed by atoms with Crippen molar-refractivity contribution in [2.75, 3.05) is 0 Å². The fourth-order valence-corrected chi connectivity index (χ4v) is 0. The Morgan fingerprint density at radius 3 is 2.20 bits per heavy atom. The van der Waals surface area contributed by atoms with Crippen molar-refractivity contribution in [2.24, 2.45) is 0 Å². The summed E-state index contributed by atoms with van der Waals surface area (Å²) in [7, 11) is 0. The van der Waals surface area contributed by atoms with E-state index in [-0.39, 0.29) is 6.42 Å². The van der Waals surface area contributed by atoms with Gasteiger partial charge in [-0.05, 0) is 6.42 Å². The van der Waals surface area contributed by atoms with Crippen molar-refractivity contribution >= 4 is 0 Å². The van der Waals surface area contributed by atoms with Crippen LogP contribution in [-0.2, 0) is 0 Å². The molecule has 0 aromatic heterocycles. The second-order valence-electron chi connectivity index (χ2n) is 0.843. The Labute approximate surface area is 31.0 Å². The largest absolute Gasteiger partial charge is 0.227 e. The smallest absolute Gasteiger partial charge is 0.182 e. The van der Waals surface area contributed by atoms with Gasteiger partial charge in [0.15, 0.2) is 6.30 Å². The third-order valence-electron chi connectivity index (χ3n) is 0.337. The van der Waals surface area contributed by atoms with E-state index in [1.807, 2.05) is 0 Å². The Morgan fingerprint density at radius 1 is 2.00 bits per heavy atom. The van der Waals surface area contributed by atoms with E-state index < -0.39 is 6.30 Å². The van der Waals surface area contributed by atoms with Gasteiger partial charge in [0.1, 0.15) is 0 Å². The molecule has 2 heteroatoms. The first kappa shape index (κ1) is 4.89. The van der Waals surface area contributed by atoms with Crippen LogP contribution in [0, 0.1) is 0 Å². The minimum absolute atomic E-state index is 0.194. The van der Waals surface area contributed by atoms with Gasteiger partial charge in [0.05, 0.1) is 0 Å². The van der Waals surface area contributed by atoms with Gasteiger partial charge in [-0.3, -0.25) is 0 Å². The Balaban J connectivity index is 2.54. The zero-order chi connectivity index (χ0) is 4.28. The van der Waals surface area contributed by atoms with E-state index in [1.54, 1.807) is 6.92 Å². The van der Waals surface area contributed by atoms with Gasteiger partial charge in [0, 0.05) is 0 Å². The summed E-state index contributed by atoms with van der Waals surface area (Å²) in [5.74, 6) is 0. The molecule has 0 saturated heterocycles. The molecule has 0 aromatic carbocycles. The maximum Gasteiger partial charge on any atom is 0.182 e. The van der Waals surface area contributed by atoms with E-state index in [9.17, 15) is 4.39 Å². The first-order chi connectivity index (χ1) is 2.27. The SMILES string of the molecule is CCC([N])F. The number of rotatable bonds is 1. The van der Waals surface area contributed by atoms with Crippen molar-refractivity contribution in [3.05, 3.63) is 0 Å². The van der Waals surface area contributed by atoms with E-state index in [1.165, 1.54) is 0 Å². The van der Waals surface area contributed by atoms with Crippen LogP contribution < -0.4 is 5.73 Å². The van der Waals surface area contributed by atoms with Crippen molar-refractivity contribution in [2.45, 2.75) is 19.6 Å². The van der Waals surface area contributed by atoms with Gasteiger partial charge in [-0.25, -0.2) is 4.39 Å². The molecular weight excluding hydrogens is 69.0 g/mol. The van der Waals surface area contributed by atoms with Gasteiger partial charge < -0.3 is 0 Å². The summed E-state index contributed by atoms with van der Waals surface area (Å²) in [5.41, 5.74) is 7.69. The normalized spacial score (nSPS) is 15.0. The Hall–Kier alpha value is -0.110. The molecule has 0 bridgehead atoms. The lowest BCUT2D eigenvalue weighted by molar-refractivity contribution is 0.324. The van der Waals surface area contributed by atoms with Gasteiger partial charge >= 0.3 is 0 Å². The van der Waals surface area contributed by atoms with Crippen LogP contribution in [0.25, 0.3) is 0 Å². The van der Waals surface area contributed by atoms with Gasteiger partial charge in [-0.15, -0.1) is 5.73 Å². The number of hydrogen-bond acceptors (Lipinski definition) is 0. The fraction of sp³-hybridized carbons (Fsp3) is 1.00. The standard InChI is InChI=1S/C3H6FN/c1-2-3(4)5/h3H,2H2,1H3. The quantitative estimate of drug-likeness (QED) is 0.410. The summed E-state index contributed by atoms with van der Waals surface area (Å²) in [5, 5.41) is 0. The monoisotopic (exact) mass is 75.0 g/mol. The molecule has 0 fully saturated rings. The molecule has 5 heavy (non-hydrogen) atoms. The molecule has 30 valence electrons. The van der Waals surface area contributed by atoms with Crippen molar-refractivity contribution in [3.63, 3.8) is 0 Å². The van der Waals surface area contributed by atoms with Crippen LogP contribution in [0.5, 0.6) is 0 Å². The average molecular weight is 75.1 g/mol. The molecule has 0 aliphatic carbocycles. The van der Waals surface area contributed by atoms with Crippen molar-refractivity contribution in [1.29, 1.82) is 0 Å². The predicted molar refractivity (Wildman–Crippen MR) is 17.3 cm³/mol. The maximum atomic E-state index is 11.0. The van der Waals surface area contributed by atoms with Gasteiger partial charge in [0.25, 0.3) is 0 Å². The maximum absolute atomic E-state index is 11.0. The van der Waals surface area contributed by atoms with Gasteiger partial charge in [0.2, 0.25) is 0 Å². The summed E-state index contributed by atoms with van der Waals surface area (Å²) in [6.45, 7) is 1.57. The first-order valence-corrected chi connectivity index (χ1v) is 1.59. The van der Waals surface area contributed by atoms with E-state index in [2.05, 4.69) is 0 Å².